The predicted octanol–water partition coefficient (Wildman–Crippen LogP) is 0.757. The maximum Gasteiger partial charge on any atom is 0.225 e. The van der Waals surface area contributed by atoms with Gasteiger partial charge in [-0.15, -0.1) is 0 Å². The molecule has 0 aliphatic carbocycles. The Labute approximate surface area is 103 Å². The SMILES string of the molecule is CCN(CC)C(=O)C[C@H](O)[C@H]1COC(C)(C)O1. The van der Waals surface area contributed by atoms with Crippen LogP contribution >= 0.6 is 0 Å². The third-order valence-electron chi connectivity index (χ3n) is 2.96. The highest BCUT2D eigenvalue weighted by Crippen LogP contribution is 2.25. The number of ether oxygens (including phenoxy) is 2. The summed E-state index contributed by atoms with van der Waals surface area (Å²) in [5.74, 6) is -0.708. The molecule has 0 spiro atoms. The smallest absolute Gasteiger partial charge is 0.225 e. The van der Waals surface area contributed by atoms with Crippen LogP contribution in [0.2, 0.25) is 0 Å². The van der Waals surface area contributed by atoms with Crippen LogP contribution in [0.25, 0.3) is 0 Å². The molecule has 1 fully saturated rings. The van der Waals surface area contributed by atoms with Gasteiger partial charge in [0.2, 0.25) is 5.91 Å². The molecule has 0 aromatic carbocycles. The fourth-order valence-electron chi connectivity index (χ4n) is 1.92. The van der Waals surface area contributed by atoms with E-state index in [1.807, 2.05) is 13.8 Å². The molecule has 1 N–H and O–H groups in total. The average Bonchev–Trinajstić information content (AvgIpc) is 2.60. The highest BCUT2D eigenvalue weighted by Gasteiger charge is 2.37. The first-order chi connectivity index (χ1) is 7.89. The number of hydrogen-bond donors (Lipinski definition) is 1. The van der Waals surface area contributed by atoms with Gasteiger partial charge in [-0.3, -0.25) is 4.79 Å². The first-order valence-corrected chi connectivity index (χ1v) is 6.17. The molecule has 1 heterocycles. The van der Waals surface area contributed by atoms with E-state index in [0.29, 0.717) is 19.7 Å². The molecule has 1 amide bonds. The largest absolute Gasteiger partial charge is 0.390 e. The van der Waals surface area contributed by atoms with Gasteiger partial charge in [0.25, 0.3) is 0 Å². The Morgan fingerprint density at radius 1 is 1.47 bits per heavy atom. The lowest BCUT2D eigenvalue weighted by atomic mass is 10.1. The maximum absolute atomic E-state index is 11.8. The molecule has 1 aliphatic heterocycles. The highest BCUT2D eigenvalue weighted by atomic mass is 16.7. The summed E-state index contributed by atoms with van der Waals surface area (Å²) in [7, 11) is 0. The van der Waals surface area contributed by atoms with Crippen LogP contribution in [0.3, 0.4) is 0 Å². The molecule has 0 unspecified atom stereocenters. The van der Waals surface area contributed by atoms with Crippen molar-refractivity contribution in [2.24, 2.45) is 0 Å². The van der Waals surface area contributed by atoms with Crippen LogP contribution in [0, 0.1) is 0 Å². The van der Waals surface area contributed by atoms with Gasteiger partial charge in [0.15, 0.2) is 5.79 Å². The maximum atomic E-state index is 11.8. The van der Waals surface area contributed by atoms with E-state index in [2.05, 4.69) is 0 Å². The molecular weight excluding hydrogens is 222 g/mol. The van der Waals surface area contributed by atoms with Crippen molar-refractivity contribution in [3.8, 4) is 0 Å². The number of amides is 1. The molecular formula is C12H23NO4. The van der Waals surface area contributed by atoms with E-state index in [9.17, 15) is 9.90 Å². The Morgan fingerprint density at radius 2 is 2.06 bits per heavy atom. The van der Waals surface area contributed by atoms with E-state index in [-0.39, 0.29) is 12.3 Å². The predicted molar refractivity (Wildman–Crippen MR) is 63.5 cm³/mol. The van der Waals surface area contributed by atoms with Crippen molar-refractivity contribution in [1.29, 1.82) is 0 Å². The monoisotopic (exact) mass is 245 g/mol. The van der Waals surface area contributed by atoms with Crippen LogP contribution in [-0.4, -0.2) is 53.6 Å². The number of carbonyl (C=O) groups is 1. The molecule has 0 bridgehead atoms. The fourth-order valence-corrected chi connectivity index (χ4v) is 1.92. The van der Waals surface area contributed by atoms with E-state index in [4.69, 9.17) is 9.47 Å². The van der Waals surface area contributed by atoms with Crippen molar-refractivity contribution in [1.82, 2.24) is 4.90 Å². The third kappa shape index (κ3) is 3.94. The lowest BCUT2D eigenvalue weighted by Gasteiger charge is -2.23. The molecule has 1 saturated heterocycles. The van der Waals surface area contributed by atoms with Gasteiger partial charge in [0.05, 0.1) is 19.1 Å². The lowest BCUT2D eigenvalue weighted by Crippen LogP contribution is -2.38. The second-order valence-electron chi connectivity index (χ2n) is 4.70. The second kappa shape index (κ2) is 5.80. The fraction of sp³-hybridized carbons (Fsp3) is 0.917. The van der Waals surface area contributed by atoms with Crippen molar-refractivity contribution in [3.63, 3.8) is 0 Å². The summed E-state index contributed by atoms with van der Waals surface area (Å²) in [5.41, 5.74) is 0. The molecule has 100 valence electrons. The van der Waals surface area contributed by atoms with Gasteiger partial charge in [0, 0.05) is 13.1 Å². The Hall–Kier alpha value is -0.650. The van der Waals surface area contributed by atoms with Crippen LogP contribution in [0.15, 0.2) is 0 Å². The zero-order valence-corrected chi connectivity index (χ0v) is 11.1. The minimum Gasteiger partial charge on any atom is -0.390 e. The summed E-state index contributed by atoms with van der Waals surface area (Å²) in [4.78, 5) is 13.5. The number of hydrogen-bond acceptors (Lipinski definition) is 4. The van der Waals surface area contributed by atoms with Crippen molar-refractivity contribution in [2.75, 3.05) is 19.7 Å². The highest BCUT2D eigenvalue weighted by molar-refractivity contribution is 5.76. The summed E-state index contributed by atoms with van der Waals surface area (Å²) in [6, 6.07) is 0. The summed E-state index contributed by atoms with van der Waals surface area (Å²) in [5, 5.41) is 9.94. The number of aliphatic hydroxyl groups excluding tert-OH is 1. The van der Waals surface area contributed by atoms with Gasteiger partial charge in [-0.25, -0.2) is 0 Å². The molecule has 2 atom stereocenters. The van der Waals surface area contributed by atoms with Crippen molar-refractivity contribution in [2.45, 2.75) is 52.1 Å². The molecule has 0 aromatic rings. The van der Waals surface area contributed by atoms with Crippen LogP contribution in [0.5, 0.6) is 0 Å². The second-order valence-corrected chi connectivity index (χ2v) is 4.70. The molecule has 0 saturated carbocycles. The third-order valence-corrected chi connectivity index (χ3v) is 2.96. The van der Waals surface area contributed by atoms with Crippen molar-refractivity contribution >= 4 is 5.91 Å². The van der Waals surface area contributed by atoms with Crippen LogP contribution in [0.4, 0.5) is 0 Å². The minimum atomic E-state index is -0.801. The van der Waals surface area contributed by atoms with Crippen LogP contribution < -0.4 is 0 Å². The Kier molecular flexibility index (Phi) is 4.91. The van der Waals surface area contributed by atoms with E-state index in [1.165, 1.54) is 0 Å². The van der Waals surface area contributed by atoms with Gasteiger partial charge >= 0.3 is 0 Å². The summed E-state index contributed by atoms with van der Waals surface area (Å²) in [6.07, 6.45) is -1.12. The van der Waals surface area contributed by atoms with Gasteiger partial charge in [-0.2, -0.15) is 0 Å². The lowest BCUT2D eigenvalue weighted by molar-refractivity contribution is -0.155. The summed E-state index contributed by atoms with van der Waals surface area (Å²) < 4.78 is 10.9. The van der Waals surface area contributed by atoms with Gasteiger partial charge in [0.1, 0.15) is 6.10 Å². The molecule has 1 aliphatic rings. The summed E-state index contributed by atoms with van der Waals surface area (Å²) in [6.45, 7) is 9.10. The molecule has 0 radical (unpaired) electrons. The Bertz CT molecular complexity index is 263. The topological polar surface area (TPSA) is 59.0 Å². The zero-order valence-electron chi connectivity index (χ0n) is 11.1. The van der Waals surface area contributed by atoms with Crippen LogP contribution in [0.1, 0.15) is 34.1 Å². The van der Waals surface area contributed by atoms with Gasteiger partial charge in [-0.05, 0) is 27.7 Å². The average molecular weight is 245 g/mol. The number of carbonyl (C=O) groups excluding carboxylic acids is 1. The quantitative estimate of drug-likeness (QED) is 0.777. The van der Waals surface area contributed by atoms with Crippen molar-refractivity contribution in [3.05, 3.63) is 0 Å². The van der Waals surface area contributed by atoms with E-state index in [0.717, 1.165) is 0 Å². The molecule has 5 nitrogen and oxygen atoms in total. The summed E-state index contributed by atoms with van der Waals surface area (Å²) >= 11 is 0. The first-order valence-electron chi connectivity index (χ1n) is 6.17. The minimum absolute atomic E-state index is 0.0455. The Morgan fingerprint density at radius 3 is 2.47 bits per heavy atom. The normalized spacial score (nSPS) is 24.6. The molecule has 0 aromatic heterocycles. The Balaban J connectivity index is 2.44. The standard InChI is InChI=1S/C12H23NO4/c1-5-13(6-2)11(15)7-9(14)10-8-16-12(3,4)17-10/h9-10,14H,5-8H2,1-4H3/t9-,10+/m0/s1. The van der Waals surface area contributed by atoms with E-state index in [1.54, 1.807) is 18.7 Å². The number of aliphatic hydroxyl groups is 1. The first kappa shape index (κ1) is 14.4. The molecule has 1 rings (SSSR count). The number of nitrogens with zero attached hydrogens (tertiary/aromatic N) is 1. The molecule has 17 heavy (non-hydrogen) atoms. The van der Waals surface area contributed by atoms with Crippen LogP contribution in [-0.2, 0) is 14.3 Å². The van der Waals surface area contributed by atoms with Crippen molar-refractivity contribution < 1.29 is 19.4 Å². The van der Waals surface area contributed by atoms with E-state index >= 15 is 0 Å². The van der Waals surface area contributed by atoms with E-state index < -0.39 is 18.0 Å². The van der Waals surface area contributed by atoms with Gasteiger partial charge < -0.3 is 19.5 Å². The van der Waals surface area contributed by atoms with Gasteiger partial charge in [-0.1, -0.05) is 0 Å². The zero-order chi connectivity index (χ0) is 13.1. The molecule has 5 heteroatoms. The number of rotatable bonds is 5.